The molecule has 0 bridgehead atoms. The molecule has 0 radical (unpaired) electrons. The highest BCUT2D eigenvalue weighted by Crippen LogP contribution is 2.52. The van der Waals surface area contributed by atoms with Gasteiger partial charge in [-0.2, -0.15) is 0 Å². The van der Waals surface area contributed by atoms with Crippen LogP contribution in [-0.2, 0) is 41.9 Å². The van der Waals surface area contributed by atoms with Crippen LogP contribution in [-0.4, -0.2) is 123 Å². The van der Waals surface area contributed by atoms with Crippen molar-refractivity contribution in [2.75, 3.05) is 66.6 Å². The van der Waals surface area contributed by atoms with Gasteiger partial charge in [0.1, 0.15) is 31.5 Å². The minimum Gasteiger partial charge on any atom is -0.382 e. The summed E-state index contributed by atoms with van der Waals surface area (Å²) in [5.74, 6) is -0.430. The van der Waals surface area contributed by atoms with Crippen LogP contribution in [0.5, 0.6) is 0 Å². The maximum absolute atomic E-state index is 13.6. The van der Waals surface area contributed by atoms with Gasteiger partial charge in [-0.1, -0.05) is 0 Å². The molecular formula is C29H51N5O11P2. The second-order valence-electron chi connectivity index (χ2n) is 11.5. The number of carbonyl (C=O) groups excluding carboxylic acids is 1. The Morgan fingerprint density at radius 3 is 2.47 bits per heavy atom. The predicted octanol–water partition coefficient (Wildman–Crippen LogP) is 2.52. The third-order valence-corrected chi connectivity index (χ3v) is 11.0. The molecule has 1 amide bonds. The second kappa shape index (κ2) is 19.8. The number of H-pyrrole nitrogens is 1. The van der Waals surface area contributed by atoms with Gasteiger partial charge >= 0.3 is 5.69 Å². The van der Waals surface area contributed by atoms with E-state index in [9.17, 15) is 18.9 Å². The molecule has 268 valence electrons. The molecule has 1 aromatic rings. The minimum atomic E-state index is -3.30. The van der Waals surface area contributed by atoms with E-state index >= 15 is 0 Å². The van der Waals surface area contributed by atoms with Crippen LogP contribution in [0.25, 0.3) is 4.85 Å². The first-order valence-electron chi connectivity index (χ1n) is 15.5. The van der Waals surface area contributed by atoms with Gasteiger partial charge in [0.15, 0.2) is 6.23 Å². The summed E-state index contributed by atoms with van der Waals surface area (Å²) in [5, 5.41) is 2.51. The van der Waals surface area contributed by atoms with Gasteiger partial charge in [0.05, 0.1) is 32.1 Å². The van der Waals surface area contributed by atoms with E-state index in [-0.39, 0.29) is 56.8 Å². The highest BCUT2D eigenvalue weighted by atomic mass is 31.2. The summed E-state index contributed by atoms with van der Waals surface area (Å²) < 4.78 is 59.6. The van der Waals surface area contributed by atoms with Gasteiger partial charge in [0.2, 0.25) is 19.8 Å². The second-order valence-corrected chi connectivity index (χ2v) is 15.6. The van der Waals surface area contributed by atoms with Gasteiger partial charge in [0, 0.05) is 44.7 Å². The molecule has 47 heavy (non-hydrogen) atoms. The average molecular weight is 708 g/mol. The molecule has 1 aliphatic heterocycles. The largest absolute Gasteiger partial charge is 0.382 e. The summed E-state index contributed by atoms with van der Waals surface area (Å²) in [7, 11) is -2.20. The molecule has 18 heteroatoms. The van der Waals surface area contributed by atoms with E-state index in [0.29, 0.717) is 0 Å². The number of nitrogens with zero attached hydrogens (tertiary/aromatic N) is 3. The Morgan fingerprint density at radius 1 is 1.21 bits per heavy atom. The van der Waals surface area contributed by atoms with E-state index in [1.54, 1.807) is 13.8 Å². The fourth-order valence-corrected chi connectivity index (χ4v) is 8.44. The predicted molar refractivity (Wildman–Crippen MR) is 177 cm³/mol. The normalized spacial score (nSPS) is 22.4. The molecule has 0 spiro atoms. The van der Waals surface area contributed by atoms with Gasteiger partial charge in [-0.25, -0.2) is 16.0 Å². The van der Waals surface area contributed by atoms with Crippen molar-refractivity contribution in [2.24, 2.45) is 0 Å². The minimum absolute atomic E-state index is 0.0444. The Labute approximate surface area is 277 Å². The van der Waals surface area contributed by atoms with Gasteiger partial charge in [-0.3, -0.25) is 23.7 Å². The number of aryl methyl sites for hydroxylation is 1. The molecule has 16 nitrogen and oxygen atoms in total. The lowest BCUT2D eigenvalue weighted by Crippen LogP contribution is -2.46. The fourth-order valence-electron chi connectivity index (χ4n) is 5.08. The van der Waals surface area contributed by atoms with Crippen LogP contribution in [0.1, 0.15) is 46.4 Å². The first kappa shape index (κ1) is 41.2. The number of aromatic nitrogens is 2. The zero-order chi connectivity index (χ0) is 35.3. The lowest BCUT2D eigenvalue weighted by Gasteiger charge is -2.39. The molecule has 0 aliphatic carbocycles. The summed E-state index contributed by atoms with van der Waals surface area (Å²) in [4.78, 5) is 43.5. The number of hydrogen-bond acceptors (Lipinski definition) is 12. The maximum atomic E-state index is 13.6. The third kappa shape index (κ3) is 12.1. The standard InChI is InChI=1S/C29H51N5O11P2/c1-11-43-47(10,38)18-22(41-17-23(35)31-8)24-25(45-46(42-13-12-30-7)34(19(2)3)20(4)5)26(40-15-14-39-9)28(44-24)33-16-21(6)27(36)32-29(33)37/h16,19-20,22,24-26,28H,11-15,17-18H2,1-6,8-10H3,(H,31,35)(H,32,36,37)/t22-,24+,25+,26+,28+,46?,47?/m0/s1. The molecule has 0 aromatic carbocycles. The molecule has 1 fully saturated rings. The molecule has 1 aromatic heterocycles. The topological polar surface area (TPSA) is 173 Å². The number of aromatic amines is 1. The lowest BCUT2D eigenvalue weighted by atomic mass is 10.1. The fraction of sp³-hybridized carbons (Fsp3) is 0.793. The number of ether oxygens (including phenoxy) is 4. The number of rotatable bonds is 21. The molecular weight excluding hydrogens is 656 g/mol. The SMILES string of the molecule is [C-]#[N+]CCOP(O[C@H]1[C@@H](OCCOC)[C@H](n2cc(C)c(=O)[nH]c2=O)O[C@@H]1[C@H](CP(C)(=O)OCC)OCC(=O)NC)N(C(C)C)C(C)C. The van der Waals surface area contributed by atoms with Crippen molar-refractivity contribution in [1.29, 1.82) is 0 Å². The summed E-state index contributed by atoms with van der Waals surface area (Å²) in [6.45, 7) is 20.2. The summed E-state index contributed by atoms with van der Waals surface area (Å²) in [5.41, 5.74) is -1.05. The molecule has 1 saturated heterocycles. The van der Waals surface area contributed by atoms with E-state index in [4.69, 9.17) is 39.1 Å². The zero-order valence-electron chi connectivity index (χ0n) is 28.8. The molecule has 2 rings (SSSR count). The number of nitrogens with one attached hydrogen (secondary N) is 2. The first-order valence-corrected chi connectivity index (χ1v) is 18.9. The molecule has 2 unspecified atom stereocenters. The lowest BCUT2D eigenvalue weighted by molar-refractivity contribution is -0.134. The molecule has 2 heterocycles. The molecule has 7 atom stereocenters. The molecule has 0 saturated carbocycles. The van der Waals surface area contributed by atoms with Crippen LogP contribution in [0.3, 0.4) is 0 Å². The van der Waals surface area contributed by atoms with E-state index in [1.807, 2.05) is 32.4 Å². The van der Waals surface area contributed by atoms with E-state index in [2.05, 4.69) is 15.1 Å². The Morgan fingerprint density at radius 2 is 1.89 bits per heavy atom. The Hall–Kier alpha value is -2.02. The van der Waals surface area contributed by atoms with Crippen LogP contribution in [0.4, 0.5) is 0 Å². The number of carbonyl (C=O) groups is 1. The van der Waals surface area contributed by atoms with Crippen LogP contribution < -0.4 is 16.6 Å². The Bertz CT molecular complexity index is 1330. The van der Waals surface area contributed by atoms with Crippen LogP contribution >= 0.6 is 15.9 Å². The highest BCUT2D eigenvalue weighted by Gasteiger charge is 2.54. The Balaban J connectivity index is 2.79. The first-order chi connectivity index (χ1) is 22.2. The van der Waals surface area contributed by atoms with Crippen LogP contribution in [0, 0.1) is 13.5 Å². The van der Waals surface area contributed by atoms with Crippen molar-refractivity contribution in [1.82, 2.24) is 19.5 Å². The average Bonchev–Trinajstić information content (AvgIpc) is 3.34. The quantitative estimate of drug-likeness (QED) is 0.109. The zero-order valence-corrected chi connectivity index (χ0v) is 30.6. The smallest absolute Gasteiger partial charge is 0.330 e. The maximum Gasteiger partial charge on any atom is 0.330 e. The monoisotopic (exact) mass is 707 g/mol. The van der Waals surface area contributed by atoms with Gasteiger partial charge < -0.3 is 42.7 Å². The van der Waals surface area contributed by atoms with Crippen molar-refractivity contribution < 1.29 is 41.9 Å². The summed E-state index contributed by atoms with van der Waals surface area (Å²) >= 11 is 0. The van der Waals surface area contributed by atoms with Gasteiger partial charge in [0.25, 0.3) is 14.1 Å². The van der Waals surface area contributed by atoms with Crippen molar-refractivity contribution in [2.45, 2.75) is 84.3 Å². The van der Waals surface area contributed by atoms with E-state index in [1.165, 1.54) is 31.6 Å². The van der Waals surface area contributed by atoms with Crippen LogP contribution in [0.15, 0.2) is 15.8 Å². The number of methoxy groups -OCH3 is 1. The number of likely N-dealkylation sites (N-methyl/N-ethyl adjacent to an activating group) is 1. The van der Waals surface area contributed by atoms with Crippen molar-refractivity contribution in [3.8, 4) is 0 Å². The van der Waals surface area contributed by atoms with Gasteiger partial charge in [-0.15, -0.1) is 0 Å². The highest BCUT2D eigenvalue weighted by molar-refractivity contribution is 7.58. The number of amides is 1. The van der Waals surface area contributed by atoms with Gasteiger partial charge in [-0.05, 0) is 41.5 Å². The van der Waals surface area contributed by atoms with Crippen molar-refractivity contribution in [3.05, 3.63) is 44.0 Å². The number of hydrogen-bond donors (Lipinski definition) is 2. The Kier molecular flexibility index (Phi) is 17.4. The van der Waals surface area contributed by atoms with Crippen LogP contribution in [0.2, 0.25) is 0 Å². The summed E-state index contributed by atoms with van der Waals surface area (Å²) in [6, 6.07) is -0.0888. The van der Waals surface area contributed by atoms with Crippen molar-refractivity contribution in [3.63, 3.8) is 0 Å². The van der Waals surface area contributed by atoms with E-state index in [0.717, 1.165) is 0 Å². The van der Waals surface area contributed by atoms with Crippen molar-refractivity contribution >= 4 is 21.8 Å². The van der Waals surface area contributed by atoms with E-state index < -0.39 is 70.3 Å². The third-order valence-electron chi connectivity index (χ3n) is 7.09. The summed E-state index contributed by atoms with van der Waals surface area (Å²) in [6.07, 6.45) is -4.13. The molecule has 2 N–H and O–H groups in total. The molecule has 1 aliphatic rings.